The maximum Gasteiger partial charge on any atom is 0.260 e. The molecule has 3 aromatic carbocycles. The molecular formula is C25H25ClFN3OS. The summed E-state index contributed by atoms with van der Waals surface area (Å²) in [5.74, 6) is -0.495. The first-order valence-corrected chi connectivity index (χ1v) is 11.0. The number of aromatic nitrogens is 1. The van der Waals surface area contributed by atoms with Gasteiger partial charge in [-0.1, -0.05) is 59.9 Å². The average molecular weight is 470 g/mol. The Bertz CT molecular complexity index is 1180. The number of anilines is 1. The molecule has 1 amide bonds. The molecule has 1 heterocycles. The van der Waals surface area contributed by atoms with Gasteiger partial charge in [0, 0.05) is 12.1 Å². The Hall–Kier alpha value is -2.80. The zero-order valence-corrected chi connectivity index (χ0v) is 19.6. The van der Waals surface area contributed by atoms with Gasteiger partial charge < -0.3 is 4.90 Å². The van der Waals surface area contributed by atoms with Crippen molar-refractivity contribution in [2.24, 2.45) is 0 Å². The number of fused-ring (bicyclic) bond motifs is 1. The van der Waals surface area contributed by atoms with E-state index in [1.165, 1.54) is 17.4 Å². The van der Waals surface area contributed by atoms with Crippen LogP contribution in [0.25, 0.3) is 21.3 Å². The quantitative estimate of drug-likeness (QED) is 0.327. The molecule has 166 valence electrons. The van der Waals surface area contributed by atoms with E-state index in [-0.39, 0.29) is 24.1 Å². The first-order valence-electron chi connectivity index (χ1n) is 10.2. The molecule has 0 saturated heterocycles. The van der Waals surface area contributed by atoms with Crippen LogP contribution in [0, 0.1) is 5.82 Å². The molecule has 32 heavy (non-hydrogen) atoms. The summed E-state index contributed by atoms with van der Waals surface area (Å²) in [5.41, 5.74) is 3.06. The number of para-hydroxylation sites is 1. The van der Waals surface area contributed by atoms with Gasteiger partial charge in [-0.3, -0.25) is 9.69 Å². The summed E-state index contributed by atoms with van der Waals surface area (Å²) >= 11 is 1.34. The predicted octanol–water partition coefficient (Wildman–Crippen LogP) is 6.12. The van der Waals surface area contributed by atoms with Crippen molar-refractivity contribution >= 4 is 45.0 Å². The summed E-state index contributed by atoms with van der Waals surface area (Å²) in [7, 11) is 4.00. The van der Waals surface area contributed by atoms with Crippen molar-refractivity contribution in [1.82, 2.24) is 9.88 Å². The minimum absolute atomic E-state index is 0. The van der Waals surface area contributed by atoms with Gasteiger partial charge in [0.05, 0.1) is 4.70 Å². The van der Waals surface area contributed by atoms with E-state index >= 15 is 0 Å². The molecule has 4 rings (SSSR count). The van der Waals surface area contributed by atoms with E-state index in [1.54, 1.807) is 11.0 Å². The van der Waals surface area contributed by atoms with Crippen molar-refractivity contribution < 1.29 is 9.18 Å². The normalized spacial score (nSPS) is 10.9. The third-order valence-electron chi connectivity index (χ3n) is 5.06. The Morgan fingerprint density at radius 1 is 0.906 bits per heavy atom. The molecule has 0 fully saturated rings. The first-order chi connectivity index (χ1) is 15.0. The maximum atomic E-state index is 14.2. The molecule has 4 aromatic rings. The molecule has 0 atom stereocenters. The van der Waals surface area contributed by atoms with Crippen molar-refractivity contribution in [1.29, 1.82) is 0 Å². The molecule has 4 nitrogen and oxygen atoms in total. The summed E-state index contributed by atoms with van der Waals surface area (Å²) in [6.07, 6.45) is 0.791. The molecule has 0 radical (unpaired) electrons. The minimum atomic E-state index is -0.368. The van der Waals surface area contributed by atoms with Crippen LogP contribution in [-0.4, -0.2) is 43.0 Å². The van der Waals surface area contributed by atoms with Crippen LogP contribution in [0.5, 0.6) is 0 Å². The third kappa shape index (κ3) is 5.33. The van der Waals surface area contributed by atoms with E-state index in [0.717, 1.165) is 28.8 Å². The summed E-state index contributed by atoms with van der Waals surface area (Å²) < 4.78 is 14.9. The summed E-state index contributed by atoms with van der Waals surface area (Å²) in [4.78, 5) is 21.6. The molecule has 0 aliphatic carbocycles. The fourth-order valence-corrected chi connectivity index (χ4v) is 4.44. The van der Waals surface area contributed by atoms with E-state index in [2.05, 4.69) is 9.88 Å². The lowest BCUT2D eigenvalue weighted by molar-refractivity contribution is 0.0986. The highest BCUT2D eigenvalue weighted by Gasteiger charge is 2.22. The Labute approximate surface area is 197 Å². The molecule has 0 N–H and O–H groups in total. The highest BCUT2D eigenvalue weighted by Crippen LogP contribution is 2.31. The van der Waals surface area contributed by atoms with Crippen LogP contribution in [0.1, 0.15) is 16.8 Å². The van der Waals surface area contributed by atoms with Crippen LogP contribution in [0.15, 0.2) is 72.8 Å². The summed E-state index contributed by atoms with van der Waals surface area (Å²) in [6.45, 7) is 1.36. The van der Waals surface area contributed by atoms with Crippen LogP contribution >= 0.6 is 23.7 Å². The standard InChI is InChI=1S/C25H24FN3OS.ClH/c1-28(2)16-7-17-29(25-27-23-21(26)10-6-11-22(23)31-25)24(30)20-14-12-19(13-15-20)18-8-4-3-5-9-18;/h3-6,8-15H,7,16-17H2,1-2H3;1H. The van der Waals surface area contributed by atoms with Crippen LogP contribution in [0.4, 0.5) is 9.52 Å². The Balaban J connectivity index is 0.00000289. The number of carbonyl (C=O) groups is 1. The third-order valence-corrected chi connectivity index (χ3v) is 6.10. The highest BCUT2D eigenvalue weighted by atomic mass is 35.5. The fourth-order valence-electron chi connectivity index (χ4n) is 3.44. The molecule has 1 aromatic heterocycles. The van der Waals surface area contributed by atoms with Gasteiger partial charge in [0.1, 0.15) is 11.3 Å². The number of thiazole rings is 1. The smallest absolute Gasteiger partial charge is 0.260 e. The molecular weight excluding hydrogens is 445 g/mol. The number of halogens is 2. The number of benzene rings is 3. The lowest BCUT2D eigenvalue weighted by atomic mass is 10.0. The SMILES string of the molecule is CN(C)CCCN(C(=O)c1ccc(-c2ccccc2)cc1)c1nc2c(F)cccc2s1.Cl. The lowest BCUT2D eigenvalue weighted by Crippen LogP contribution is -2.33. The maximum absolute atomic E-state index is 14.2. The second-order valence-electron chi connectivity index (χ2n) is 7.64. The molecule has 0 unspecified atom stereocenters. The lowest BCUT2D eigenvalue weighted by Gasteiger charge is -2.21. The topological polar surface area (TPSA) is 36.4 Å². The molecule has 0 aliphatic rings. The number of rotatable bonds is 7. The summed E-state index contributed by atoms with van der Waals surface area (Å²) in [6, 6.07) is 22.5. The molecule has 0 saturated carbocycles. The van der Waals surface area contributed by atoms with E-state index < -0.39 is 0 Å². The van der Waals surface area contributed by atoms with Gasteiger partial charge in [-0.05, 0) is 62.5 Å². The minimum Gasteiger partial charge on any atom is -0.309 e. The number of carbonyl (C=O) groups excluding carboxylic acids is 1. The Morgan fingerprint density at radius 2 is 1.59 bits per heavy atom. The zero-order valence-electron chi connectivity index (χ0n) is 18.0. The van der Waals surface area contributed by atoms with Gasteiger partial charge in [-0.15, -0.1) is 12.4 Å². The Morgan fingerprint density at radius 3 is 2.25 bits per heavy atom. The fraction of sp³-hybridized carbons (Fsp3) is 0.200. The molecule has 0 bridgehead atoms. The van der Waals surface area contributed by atoms with Crippen molar-refractivity contribution in [2.45, 2.75) is 6.42 Å². The largest absolute Gasteiger partial charge is 0.309 e. The summed E-state index contributed by atoms with van der Waals surface area (Å²) in [5, 5.41) is 0.524. The highest BCUT2D eigenvalue weighted by molar-refractivity contribution is 7.22. The van der Waals surface area contributed by atoms with Gasteiger partial charge in [-0.25, -0.2) is 9.37 Å². The van der Waals surface area contributed by atoms with E-state index in [0.29, 0.717) is 22.8 Å². The van der Waals surface area contributed by atoms with E-state index in [1.807, 2.05) is 74.8 Å². The number of nitrogens with zero attached hydrogens (tertiary/aromatic N) is 3. The van der Waals surface area contributed by atoms with Crippen LogP contribution in [-0.2, 0) is 0 Å². The number of amides is 1. The second kappa shape index (κ2) is 10.7. The van der Waals surface area contributed by atoms with Gasteiger partial charge in [0.2, 0.25) is 0 Å². The monoisotopic (exact) mass is 469 g/mol. The molecule has 7 heteroatoms. The number of hydrogen-bond donors (Lipinski definition) is 0. The van der Waals surface area contributed by atoms with Gasteiger partial charge in [0.25, 0.3) is 5.91 Å². The van der Waals surface area contributed by atoms with Gasteiger partial charge >= 0.3 is 0 Å². The van der Waals surface area contributed by atoms with Crippen molar-refractivity contribution in [3.8, 4) is 11.1 Å². The zero-order chi connectivity index (χ0) is 21.8. The van der Waals surface area contributed by atoms with Crippen molar-refractivity contribution in [3.05, 3.63) is 84.2 Å². The van der Waals surface area contributed by atoms with Crippen LogP contribution in [0.2, 0.25) is 0 Å². The van der Waals surface area contributed by atoms with Crippen molar-refractivity contribution in [2.75, 3.05) is 32.1 Å². The Kier molecular flexibility index (Phi) is 7.96. The first kappa shape index (κ1) is 23.9. The van der Waals surface area contributed by atoms with Crippen LogP contribution in [0.3, 0.4) is 0 Å². The average Bonchev–Trinajstić information content (AvgIpc) is 3.22. The second-order valence-corrected chi connectivity index (χ2v) is 8.65. The molecule has 0 aliphatic heterocycles. The van der Waals surface area contributed by atoms with Gasteiger partial charge in [-0.2, -0.15) is 0 Å². The predicted molar refractivity (Wildman–Crippen MR) is 134 cm³/mol. The molecule has 0 spiro atoms. The van der Waals surface area contributed by atoms with Crippen LogP contribution < -0.4 is 4.90 Å². The van der Waals surface area contributed by atoms with E-state index in [4.69, 9.17) is 0 Å². The van der Waals surface area contributed by atoms with Crippen molar-refractivity contribution in [3.63, 3.8) is 0 Å². The van der Waals surface area contributed by atoms with Gasteiger partial charge in [0.15, 0.2) is 5.13 Å². The number of hydrogen-bond acceptors (Lipinski definition) is 4. The van der Waals surface area contributed by atoms with E-state index in [9.17, 15) is 9.18 Å².